The number of carbonyl (C=O) groups is 2. The Bertz CT molecular complexity index is 1130. The van der Waals surface area contributed by atoms with Crippen molar-refractivity contribution in [2.24, 2.45) is 0 Å². The van der Waals surface area contributed by atoms with Crippen LogP contribution in [0.5, 0.6) is 5.75 Å². The fourth-order valence-corrected chi connectivity index (χ4v) is 3.54. The number of nitrogens with one attached hydrogen (secondary N) is 1. The molecule has 2 heterocycles. The van der Waals surface area contributed by atoms with Crippen molar-refractivity contribution in [2.75, 3.05) is 18.0 Å². The number of hydrogen-bond acceptors (Lipinski definition) is 5. The smallest absolute Gasteiger partial charge is 0.419 e. The molecule has 0 aliphatic carbocycles. The van der Waals surface area contributed by atoms with E-state index < -0.39 is 11.9 Å². The minimum Gasteiger partial charge on any atom is -0.477 e. The van der Waals surface area contributed by atoms with Crippen molar-refractivity contribution >= 4 is 28.6 Å². The maximum absolute atomic E-state index is 13.1. The van der Waals surface area contributed by atoms with Crippen LogP contribution in [0.2, 0.25) is 0 Å². The van der Waals surface area contributed by atoms with Gasteiger partial charge in [-0.3, -0.25) is 14.2 Å². The van der Waals surface area contributed by atoms with E-state index in [1.165, 1.54) is 4.57 Å². The molecule has 0 saturated carbocycles. The summed E-state index contributed by atoms with van der Waals surface area (Å²) in [7, 11) is 0. The zero-order valence-corrected chi connectivity index (χ0v) is 16.7. The number of para-hydroxylation sites is 4. The summed E-state index contributed by atoms with van der Waals surface area (Å²) < 4.78 is 12.5. The second-order valence-electron chi connectivity index (χ2n) is 7.11. The molecule has 0 fully saturated rings. The molecule has 2 amide bonds. The van der Waals surface area contributed by atoms with Crippen molar-refractivity contribution in [3.63, 3.8) is 0 Å². The highest BCUT2D eigenvalue weighted by Gasteiger charge is 2.33. The largest absolute Gasteiger partial charge is 0.477 e. The number of rotatable bonds is 6. The second kappa shape index (κ2) is 8.44. The van der Waals surface area contributed by atoms with Crippen LogP contribution in [-0.4, -0.2) is 35.6 Å². The minimum atomic E-state index is -0.784. The average molecular weight is 409 g/mol. The van der Waals surface area contributed by atoms with Gasteiger partial charge < -0.3 is 19.4 Å². The van der Waals surface area contributed by atoms with E-state index in [1.807, 2.05) is 19.1 Å². The van der Waals surface area contributed by atoms with Crippen molar-refractivity contribution in [1.82, 2.24) is 9.88 Å². The van der Waals surface area contributed by atoms with Gasteiger partial charge in [-0.2, -0.15) is 0 Å². The van der Waals surface area contributed by atoms with E-state index >= 15 is 0 Å². The van der Waals surface area contributed by atoms with E-state index in [0.29, 0.717) is 29.1 Å². The Labute approximate surface area is 173 Å². The SMILES string of the molecule is CCCNC(=O)[C@H]1CN(C(=O)CCn2c(=O)oc3ccccc32)c2ccccc2O1. The number of ether oxygens (including phenoxy) is 1. The summed E-state index contributed by atoms with van der Waals surface area (Å²) in [4.78, 5) is 39.2. The molecule has 1 aliphatic rings. The first kappa shape index (κ1) is 19.8. The lowest BCUT2D eigenvalue weighted by Crippen LogP contribution is -2.51. The van der Waals surface area contributed by atoms with Crippen LogP contribution < -0.4 is 20.7 Å². The highest BCUT2D eigenvalue weighted by molar-refractivity contribution is 5.97. The molecule has 1 aliphatic heterocycles. The third kappa shape index (κ3) is 3.80. The number of aryl methyl sites for hydroxylation is 1. The predicted octanol–water partition coefficient (Wildman–Crippen LogP) is 2.30. The average Bonchev–Trinajstić information content (AvgIpc) is 3.09. The summed E-state index contributed by atoms with van der Waals surface area (Å²) in [6, 6.07) is 14.2. The topological polar surface area (TPSA) is 93.8 Å². The van der Waals surface area contributed by atoms with Gasteiger partial charge >= 0.3 is 5.76 Å². The van der Waals surface area contributed by atoms with Crippen molar-refractivity contribution in [3.05, 3.63) is 59.1 Å². The Hall–Kier alpha value is -3.55. The lowest BCUT2D eigenvalue weighted by atomic mass is 10.1. The zero-order valence-electron chi connectivity index (χ0n) is 16.7. The first-order valence-electron chi connectivity index (χ1n) is 10.0. The van der Waals surface area contributed by atoms with Gasteiger partial charge in [0.1, 0.15) is 5.75 Å². The van der Waals surface area contributed by atoms with E-state index in [1.54, 1.807) is 41.3 Å². The number of aromatic nitrogens is 1. The third-order valence-electron chi connectivity index (χ3n) is 5.04. The molecule has 8 nitrogen and oxygen atoms in total. The minimum absolute atomic E-state index is 0.0844. The summed E-state index contributed by atoms with van der Waals surface area (Å²) in [5.74, 6) is -0.458. The highest BCUT2D eigenvalue weighted by Crippen LogP contribution is 2.33. The number of carbonyl (C=O) groups excluding carboxylic acids is 2. The Morgan fingerprint density at radius 2 is 1.90 bits per heavy atom. The Morgan fingerprint density at radius 1 is 1.13 bits per heavy atom. The number of oxazole rings is 1. The lowest BCUT2D eigenvalue weighted by molar-refractivity contribution is -0.128. The van der Waals surface area contributed by atoms with Gasteiger partial charge in [-0.05, 0) is 30.7 Å². The van der Waals surface area contributed by atoms with Gasteiger partial charge in [0.25, 0.3) is 5.91 Å². The van der Waals surface area contributed by atoms with Crippen LogP contribution in [0.1, 0.15) is 19.8 Å². The number of amides is 2. The van der Waals surface area contributed by atoms with Gasteiger partial charge in [0.15, 0.2) is 11.7 Å². The molecule has 0 radical (unpaired) electrons. The summed E-state index contributed by atoms with van der Waals surface area (Å²) in [5.41, 5.74) is 1.75. The molecular weight excluding hydrogens is 386 g/mol. The summed E-state index contributed by atoms with van der Waals surface area (Å²) in [6.45, 7) is 2.81. The standard InChI is InChI=1S/C22H23N3O5/c1-2-12-23-21(27)19-14-25(16-8-4-5-9-17(16)29-19)20(26)11-13-24-15-7-3-6-10-18(15)30-22(24)28/h3-10,19H,2,11-14H2,1H3,(H,23,27)/t19-/m1/s1. The fraction of sp³-hybridized carbons (Fsp3) is 0.318. The molecule has 1 N–H and O–H groups in total. The Kier molecular flexibility index (Phi) is 5.56. The van der Waals surface area contributed by atoms with Gasteiger partial charge in [-0.25, -0.2) is 4.79 Å². The van der Waals surface area contributed by atoms with Crippen LogP contribution in [0.25, 0.3) is 11.1 Å². The highest BCUT2D eigenvalue weighted by atomic mass is 16.5. The van der Waals surface area contributed by atoms with Gasteiger partial charge in [0.05, 0.1) is 17.7 Å². The van der Waals surface area contributed by atoms with E-state index in [9.17, 15) is 14.4 Å². The zero-order chi connectivity index (χ0) is 21.1. The van der Waals surface area contributed by atoms with Crippen molar-refractivity contribution in [1.29, 1.82) is 0 Å². The predicted molar refractivity (Wildman–Crippen MR) is 112 cm³/mol. The maximum atomic E-state index is 13.1. The first-order valence-corrected chi connectivity index (χ1v) is 10.0. The lowest BCUT2D eigenvalue weighted by Gasteiger charge is -2.34. The molecule has 4 rings (SSSR count). The summed E-state index contributed by atoms with van der Waals surface area (Å²) in [6.07, 6.45) is 0.111. The molecule has 0 bridgehead atoms. The van der Waals surface area contributed by atoms with Crippen LogP contribution >= 0.6 is 0 Å². The van der Waals surface area contributed by atoms with Crippen molar-refractivity contribution < 1.29 is 18.7 Å². The van der Waals surface area contributed by atoms with Gasteiger partial charge in [-0.1, -0.05) is 31.2 Å². The molecule has 156 valence electrons. The van der Waals surface area contributed by atoms with Crippen molar-refractivity contribution in [3.8, 4) is 5.75 Å². The molecular formula is C22H23N3O5. The maximum Gasteiger partial charge on any atom is 0.419 e. The normalized spacial score (nSPS) is 15.5. The number of fused-ring (bicyclic) bond motifs is 2. The van der Waals surface area contributed by atoms with E-state index in [-0.39, 0.29) is 31.3 Å². The van der Waals surface area contributed by atoms with Crippen LogP contribution in [0.4, 0.5) is 5.69 Å². The fourth-order valence-electron chi connectivity index (χ4n) is 3.54. The van der Waals surface area contributed by atoms with Gasteiger partial charge in [0, 0.05) is 19.5 Å². The molecule has 3 aromatic rings. The third-order valence-corrected chi connectivity index (χ3v) is 5.04. The molecule has 1 atom stereocenters. The molecule has 8 heteroatoms. The molecule has 30 heavy (non-hydrogen) atoms. The number of benzene rings is 2. The van der Waals surface area contributed by atoms with E-state index in [0.717, 1.165) is 6.42 Å². The quantitative estimate of drug-likeness (QED) is 0.674. The molecule has 1 aromatic heterocycles. The molecule has 0 unspecified atom stereocenters. The monoisotopic (exact) mass is 409 g/mol. The molecule has 2 aromatic carbocycles. The van der Waals surface area contributed by atoms with E-state index in [2.05, 4.69) is 5.32 Å². The van der Waals surface area contributed by atoms with E-state index in [4.69, 9.17) is 9.15 Å². The van der Waals surface area contributed by atoms with Crippen LogP contribution in [0.3, 0.4) is 0 Å². The Balaban J connectivity index is 1.54. The molecule has 0 spiro atoms. The number of nitrogens with zero attached hydrogens (tertiary/aromatic N) is 2. The molecule has 0 saturated heterocycles. The summed E-state index contributed by atoms with van der Waals surface area (Å²) in [5, 5.41) is 2.81. The van der Waals surface area contributed by atoms with Crippen molar-refractivity contribution in [2.45, 2.75) is 32.4 Å². The van der Waals surface area contributed by atoms with Crippen LogP contribution in [-0.2, 0) is 16.1 Å². The first-order chi connectivity index (χ1) is 14.6. The van der Waals surface area contributed by atoms with Crippen LogP contribution in [0.15, 0.2) is 57.7 Å². The van der Waals surface area contributed by atoms with Crippen LogP contribution in [0, 0.1) is 0 Å². The number of anilines is 1. The van der Waals surface area contributed by atoms with Gasteiger partial charge in [-0.15, -0.1) is 0 Å². The van der Waals surface area contributed by atoms with Gasteiger partial charge in [0.2, 0.25) is 5.91 Å². The second-order valence-corrected chi connectivity index (χ2v) is 7.11. The number of hydrogen-bond donors (Lipinski definition) is 1. The summed E-state index contributed by atoms with van der Waals surface area (Å²) >= 11 is 0. The Morgan fingerprint density at radius 3 is 2.73 bits per heavy atom.